The lowest BCUT2D eigenvalue weighted by Crippen LogP contribution is -2.50. The van der Waals surface area contributed by atoms with E-state index in [4.69, 9.17) is 4.74 Å². The number of anilines is 1. The van der Waals surface area contributed by atoms with Crippen LogP contribution in [0.2, 0.25) is 0 Å². The summed E-state index contributed by atoms with van der Waals surface area (Å²) in [6, 6.07) is 5.92. The van der Waals surface area contributed by atoms with Crippen LogP contribution in [0.1, 0.15) is 30.4 Å². The molecule has 3 aromatic rings. The largest absolute Gasteiger partial charge is 0.463 e. The van der Waals surface area contributed by atoms with Crippen LogP contribution in [0.3, 0.4) is 0 Å². The fraction of sp³-hybridized carbons (Fsp3) is 0.552. The van der Waals surface area contributed by atoms with E-state index in [9.17, 15) is 24.3 Å². The minimum Gasteiger partial charge on any atom is -0.463 e. The number of unbranched alkanes of at least 4 members (excludes halogenated alkanes) is 1. The van der Waals surface area contributed by atoms with Gasteiger partial charge in [0, 0.05) is 65.5 Å². The zero-order valence-electron chi connectivity index (χ0n) is 24.8. The van der Waals surface area contributed by atoms with Crippen LogP contribution < -0.4 is 16.6 Å². The Labute approximate surface area is 244 Å². The van der Waals surface area contributed by atoms with Crippen LogP contribution in [0.5, 0.6) is 0 Å². The molecule has 2 N–H and O–H groups in total. The Balaban J connectivity index is 1.12. The Bertz CT molecular complexity index is 1510. The van der Waals surface area contributed by atoms with Crippen molar-refractivity contribution in [1.82, 2.24) is 28.5 Å². The number of benzene rings is 1. The maximum absolute atomic E-state index is 12.8. The average Bonchev–Trinajstić information content (AvgIpc) is 3.35. The second-order valence-corrected chi connectivity index (χ2v) is 11.0. The molecule has 228 valence electrons. The number of nitrogens with zero attached hydrogens (tertiary/aromatic N) is 6. The van der Waals surface area contributed by atoms with Crippen molar-refractivity contribution in [3.63, 3.8) is 0 Å². The van der Waals surface area contributed by atoms with Gasteiger partial charge in [-0.1, -0.05) is 18.2 Å². The SMILES string of the molecule is Cc1cccc(C)c1NC(=O)CN1CCN(CC(O)COC(=O)CCCCn2c(=O)c3c(ncn3C)n(C)c2=O)CC1. The van der Waals surface area contributed by atoms with Crippen molar-refractivity contribution in [2.24, 2.45) is 14.1 Å². The second-order valence-electron chi connectivity index (χ2n) is 11.0. The molecule has 1 atom stereocenters. The van der Waals surface area contributed by atoms with Gasteiger partial charge in [0.15, 0.2) is 11.2 Å². The summed E-state index contributed by atoms with van der Waals surface area (Å²) in [5.41, 5.74) is 2.77. The number of hydrogen-bond acceptors (Lipinski definition) is 9. The van der Waals surface area contributed by atoms with E-state index in [1.165, 1.54) is 10.9 Å². The minimum atomic E-state index is -0.819. The number of aromatic nitrogens is 4. The standard InChI is InChI=1S/C29H41N7O6/c1-20-8-7-9-21(2)25(20)31-23(38)17-35-14-12-34(13-15-35)16-22(37)18-42-24(39)10-5-6-11-36-28(40)26-27(30-19-32(26)3)33(4)29(36)41/h7-9,19,22,37H,5-6,10-18H2,1-4H3,(H,31,38). The molecule has 0 saturated carbocycles. The zero-order valence-corrected chi connectivity index (χ0v) is 24.8. The molecule has 1 unspecified atom stereocenters. The maximum Gasteiger partial charge on any atom is 0.332 e. The molecule has 0 spiro atoms. The van der Waals surface area contributed by atoms with E-state index in [-0.39, 0.29) is 25.5 Å². The molecule has 1 saturated heterocycles. The van der Waals surface area contributed by atoms with Crippen molar-refractivity contribution < 1.29 is 19.4 Å². The molecular weight excluding hydrogens is 542 g/mol. The first-order chi connectivity index (χ1) is 20.0. The van der Waals surface area contributed by atoms with E-state index in [0.717, 1.165) is 21.4 Å². The van der Waals surface area contributed by atoms with Gasteiger partial charge in [-0.05, 0) is 37.8 Å². The van der Waals surface area contributed by atoms with Crippen molar-refractivity contribution in [2.45, 2.75) is 45.8 Å². The molecule has 1 fully saturated rings. The normalized spacial score (nSPS) is 15.2. The van der Waals surface area contributed by atoms with E-state index in [1.54, 1.807) is 18.7 Å². The van der Waals surface area contributed by atoms with Gasteiger partial charge in [0.05, 0.1) is 12.9 Å². The third kappa shape index (κ3) is 7.52. The van der Waals surface area contributed by atoms with Crippen LogP contribution in [0.25, 0.3) is 11.2 Å². The number of imidazole rings is 1. The number of carbonyl (C=O) groups excluding carboxylic acids is 2. The fourth-order valence-corrected chi connectivity index (χ4v) is 5.27. The first-order valence-corrected chi connectivity index (χ1v) is 14.3. The molecule has 42 heavy (non-hydrogen) atoms. The minimum absolute atomic E-state index is 0.0446. The Morgan fingerprint density at radius 2 is 1.71 bits per heavy atom. The Morgan fingerprint density at radius 1 is 1.05 bits per heavy atom. The van der Waals surface area contributed by atoms with Gasteiger partial charge in [-0.25, -0.2) is 9.78 Å². The van der Waals surface area contributed by atoms with E-state index in [0.29, 0.717) is 63.3 Å². The lowest BCUT2D eigenvalue weighted by atomic mass is 10.1. The van der Waals surface area contributed by atoms with Crippen molar-refractivity contribution in [3.05, 3.63) is 56.5 Å². The quantitative estimate of drug-likeness (QED) is 0.228. The van der Waals surface area contributed by atoms with Crippen molar-refractivity contribution >= 4 is 28.7 Å². The third-order valence-electron chi connectivity index (χ3n) is 7.70. The van der Waals surface area contributed by atoms with Crippen molar-refractivity contribution in [1.29, 1.82) is 0 Å². The number of piperazine rings is 1. The van der Waals surface area contributed by atoms with E-state index < -0.39 is 23.3 Å². The molecule has 1 aliphatic rings. The summed E-state index contributed by atoms with van der Waals surface area (Å²) in [5.74, 6) is -0.479. The second kappa shape index (κ2) is 13.9. The highest BCUT2D eigenvalue weighted by molar-refractivity contribution is 5.93. The number of amides is 1. The van der Waals surface area contributed by atoms with Gasteiger partial charge < -0.3 is 19.7 Å². The molecule has 0 radical (unpaired) electrons. The van der Waals surface area contributed by atoms with E-state index in [1.807, 2.05) is 32.0 Å². The molecule has 1 aliphatic heterocycles. The van der Waals surface area contributed by atoms with Crippen molar-refractivity contribution in [2.75, 3.05) is 51.2 Å². The number of aliphatic hydroxyl groups is 1. The monoisotopic (exact) mass is 583 g/mol. The van der Waals surface area contributed by atoms with Gasteiger partial charge in [-0.15, -0.1) is 0 Å². The van der Waals surface area contributed by atoms with Crippen LogP contribution >= 0.6 is 0 Å². The van der Waals surface area contributed by atoms with Gasteiger partial charge >= 0.3 is 11.7 Å². The average molecular weight is 584 g/mol. The highest BCUT2D eigenvalue weighted by Gasteiger charge is 2.22. The molecular formula is C29H41N7O6. The van der Waals surface area contributed by atoms with Gasteiger partial charge in [0.2, 0.25) is 5.91 Å². The molecule has 4 rings (SSSR count). The predicted molar refractivity (Wildman–Crippen MR) is 158 cm³/mol. The molecule has 13 nitrogen and oxygen atoms in total. The number of ether oxygens (including phenoxy) is 1. The Morgan fingerprint density at radius 3 is 2.40 bits per heavy atom. The summed E-state index contributed by atoms with van der Waals surface area (Å²) < 4.78 is 9.35. The first kappa shape index (κ1) is 31.1. The summed E-state index contributed by atoms with van der Waals surface area (Å²) in [4.78, 5) is 58.4. The Hall–Kier alpha value is -3.81. The number of rotatable bonds is 12. The number of β-amino-alcohol motifs (C(OH)–C–C–N with tert-alkyl or cyclic N) is 1. The van der Waals surface area contributed by atoms with Gasteiger partial charge in [0.25, 0.3) is 5.56 Å². The summed E-state index contributed by atoms with van der Waals surface area (Å²) in [5, 5.41) is 13.4. The molecule has 0 aliphatic carbocycles. The molecule has 3 heterocycles. The highest BCUT2D eigenvalue weighted by Crippen LogP contribution is 2.19. The van der Waals surface area contributed by atoms with Crippen LogP contribution in [0.15, 0.2) is 34.1 Å². The smallest absolute Gasteiger partial charge is 0.332 e. The summed E-state index contributed by atoms with van der Waals surface area (Å²) >= 11 is 0. The number of para-hydroxylation sites is 1. The van der Waals surface area contributed by atoms with Gasteiger partial charge in [0.1, 0.15) is 12.7 Å². The number of hydrogen-bond donors (Lipinski definition) is 2. The van der Waals surface area contributed by atoms with Gasteiger partial charge in [-0.2, -0.15) is 0 Å². The number of aryl methyl sites for hydroxylation is 4. The molecule has 13 heteroatoms. The lowest BCUT2D eigenvalue weighted by Gasteiger charge is -2.35. The molecule has 1 aromatic carbocycles. The van der Waals surface area contributed by atoms with Crippen LogP contribution in [-0.2, 0) is 35.0 Å². The van der Waals surface area contributed by atoms with E-state index >= 15 is 0 Å². The summed E-state index contributed by atoms with van der Waals surface area (Å²) in [7, 11) is 3.27. The maximum atomic E-state index is 12.8. The summed E-state index contributed by atoms with van der Waals surface area (Å²) in [6.07, 6.45) is 1.68. The highest BCUT2D eigenvalue weighted by atomic mass is 16.5. The first-order valence-electron chi connectivity index (χ1n) is 14.3. The molecule has 2 aromatic heterocycles. The number of fused-ring (bicyclic) bond motifs is 1. The van der Waals surface area contributed by atoms with Gasteiger partial charge in [-0.3, -0.25) is 33.3 Å². The zero-order chi connectivity index (χ0) is 30.4. The topological polar surface area (TPSA) is 144 Å². The summed E-state index contributed by atoms with van der Waals surface area (Å²) in [6.45, 7) is 7.51. The third-order valence-corrected chi connectivity index (χ3v) is 7.70. The number of nitrogens with one attached hydrogen (secondary N) is 1. The van der Waals surface area contributed by atoms with Crippen molar-refractivity contribution in [3.8, 4) is 0 Å². The molecule has 0 bridgehead atoms. The predicted octanol–water partition coefficient (Wildman–Crippen LogP) is 0.381. The van der Waals surface area contributed by atoms with E-state index in [2.05, 4.69) is 20.1 Å². The lowest BCUT2D eigenvalue weighted by molar-refractivity contribution is -0.147. The number of esters is 1. The Kier molecular flexibility index (Phi) is 10.3. The number of carbonyl (C=O) groups is 2. The number of aliphatic hydroxyl groups excluding tert-OH is 1. The van der Waals surface area contributed by atoms with Crippen LogP contribution in [-0.4, -0.2) is 97.4 Å². The van der Waals surface area contributed by atoms with Crippen LogP contribution in [0, 0.1) is 13.8 Å². The van der Waals surface area contributed by atoms with Crippen LogP contribution in [0.4, 0.5) is 5.69 Å². The fourth-order valence-electron chi connectivity index (χ4n) is 5.27. The molecule has 1 amide bonds.